The Balaban J connectivity index is 1.82. The summed E-state index contributed by atoms with van der Waals surface area (Å²) in [6, 6.07) is 0. The van der Waals surface area contributed by atoms with Crippen LogP contribution in [0.25, 0.3) is 0 Å². The summed E-state index contributed by atoms with van der Waals surface area (Å²) in [7, 11) is 0. The lowest BCUT2D eigenvalue weighted by molar-refractivity contribution is 0.276. The van der Waals surface area contributed by atoms with E-state index in [1.54, 1.807) is 0 Å². The number of likely N-dealkylation sites (tertiary alicyclic amines) is 1. The van der Waals surface area contributed by atoms with Crippen LogP contribution in [0.3, 0.4) is 0 Å². The molecule has 1 aliphatic heterocycles. The van der Waals surface area contributed by atoms with Crippen LogP contribution < -0.4 is 0 Å². The van der Waals surface area contributed by atoms with E-state index in [0.717, 1.165) is 6.54 Å². The topological polar surface area (TPSA) is 54.2 Å². The maximum atomic E-state index is 8.90. The molecule has 0 aromatic carbocycles. The van der Waals surface area contributed by atoms with Crippen LogP contribution in [0.5, 0.6) is 0 Å². The smallest absolute Gasteiger partial charge is 0.108 e. The van der Waals surface area contributed by atoms with Crippen LogP contribution in [-0.2, 0) is 13.2 Å². The van der Waals surface area contributed by atoms with Crippen LogP contribution in [0.1, 0.15) is 25.5 Å². The Kier molecular flexibility index (Phi) is 3.90. The molecule has 0 radical (unpaired) electrons. The van der Waals surface area contributed by atoms with E-state index in [9.17, 15) is 0 Å². The van der Waals surface area contributed by atoms with Crippen LogP contribution in [0.2, 0.25) is 0 Å². The van der Waals surface area contributed by atoms with Gasteiger partial charge in [-0.05, 0) is 31.8 Å². The summed E-state index contributed by atoms with van der Waals surface area (Å²) >= 11 is 0. The van der Waals surface area contributed by atoms with Crippen molar-refractivity contribution < 1.29 is 5.11 Å². The Bertz CT molecular complexity index is 326. The Morgan fingerprint density at radius 3 is 3.12 bits per heavy atom. The largest absolute Gasteiger partial charge is 0.390 e. The van der Waals surface area contributed by atoms with Gasteiger partial charge in [-0.2, -0.15) is 0 Å². The molecule has 1 N–H and O–H groups in total. The predicted octanol–water partition coefficient (Wildman–Crippen LogP) is 0.502. The van der Waals surface area contributed by atoms with E-state index in [1.807, 2.05) is 10.9 Å². The van der Waals surface area contributed by atoms with Gasteiger partial charge in [0.2, 0.25) is 0 Å². The van der Waals surface area contributed by atoms with Crippen molar-refractivity contribution in [3.8, 4) is 0 Å². The number of nitrogens with zero attached hydrogens (tertiary/aromatic N) is 4. The highest BCUT2D eigenvalue weighted by molar-refractivity contribution is 4.89. The first-order valence-corrected chi connectivity index (χ1v) is 6.04. The van der Waals surface area contributed by atoms with Crippen molar-refractivity contribution in [3.63, 3.8) is 0 Å². The van der Waals surface area contributed by atoms with Crippen LogP contribution in [0.15, 0.2) is 6.20 Å². The molecule has 5 heteroatoms. The van der Waals surface area contributed by atoms with Crippen molar-refractivity contribution in [2.75, 3.05) is 19.6 Å². The third-order valence-corrected chi connectivity index (χ3v) is 3.10. The molecule has 0 saturated carbocycles. The minimum absolute atomic E-state index is 0.0212. The number of aliphatic hydroxyl groups is 1. The van der Waals surface area contributed by atoms with Gasteiger partial charge in [-0.3, -0.25) is 4.68 Å². The van der Waals surface area contributed by atoms with E-state index < -0.39 is 0 Å². The van der Waals surface area contributed by atoms with Crippen LogP contribution in [0, 0.1) is 5.92 Å². The third kappa shape index (κ3) is 2.80. The van der Waals surface area contributed by atoms with Crippen molar-refractivity contribution in [2.24, 2.45) is 5.92 Å². The maximum absolute atomic E-state index is 8.90. The van der Waals surface area contributed by atoms with Gasteiger partial charge in [-0.25, -0.2) is 0 Å². The van der Waals surface area contributed by atoms with E-state index in [2.05, 4.69) is 22.1 Å². The minimum Gasteiger partial charge on any atom is -0.390 e. The Labute approximate surface area is 96.1 Å². The molecule has 0 bridgehead atoms. The zero-order valence-corrected chi connectivity index (χ0v) is 9.84. The lowest BCUT2D eigenvalue weighted by Crippen LogP contribution is -2.22. The summed E-state index contributed by atoms with van der Waals surface area (Å²) in [5.74, 6) is 0.680. The summed E-state index contributed by atoms with van der Waals surface area (Å²) in [6.07, 6.45) is 4.31. The average molecular weight is 224 g/mol. The molecule has 16 heavy (non-hydrogen) atoms. The highest BCUT2D eigenvalue weighted by Gasteiger charge is 2.22. The fraction of sp³-hybridized carbons (Fsp3) is 0.818. The van der Waals surface area contributed by atoms with Crippen molar-refractivity contribution in [2.45, 2.75) is 32.9 Å². The molecule has 1 aromatic heterocycles. The molecule has 5 nitrogen and oxygen atoms in total. The fourth-order valence-electron chi connectivity index (χ4n) is 2.35. The first-order chi connectivity index (χ1) is 7.81. The maximum Gasteiger partial charge on any atom is 0.108 e. The first kappa shape index (κ1) is 11.5. The summed E-state index contributed by atoms with van der Waals surface area (Å²) in [4.78, 5) is 2.51. The quantitative estimate of drug-likeness (QED) is 0.791. The van der Waals surface area contributed by atoms with E-state index in [-0.39, 0.29) is 6.61 Å². The molecule has 0 unspecified atom stereocenters. The molecule has 90 valence electrons. The van der Waals surface area contributed by atoms with E-state index >= 15 is 0 Å². The van der Waals surface area contributed by atoms with Crippen LogP contribution >= 0.6 is 0 Å². The Morgan fingerprint density at radius 1 is 1.56 bits per heavy atom. The summed E-state index contributed by atoms with van der Waals surface area (Å²) < 4.78 is 1.85. The Morgan fingerprint density at radius 2 is 2.44 bits per heavy atom. The molecule has 1 atom stereocenters. The highest BCUT2D eigenvalue weighted by Crippen LogP contribution is 2.17. The third-order valence-electron chi connectivity index (χ3n) is 3.10. The molecular weight excluding hydrogens is 204 g/mol. The molecular formula is C11H20N4O. The van der Waals surface area contributed by atoms with Gasteiger partial charge >= 0.3 is 0 Å². The van der Waals surface area contributed by atoms with Gasteiger partial charge < -0.3 is 10.0 Å². The Hall–Kier alpha value is -0.940. The summed E-state index contributed by atoms with van der Waals surface area (Å²) in [5.41, 5.74) is 0.656. The first-order valence-electron chi connectivity index (χ1n) is 6.04. The molecule has 0 amide bonds. The second-order valence-electron chi connectivity index (χ2n) is 4.55. The average Bonchev–Trinajstić information content (AvgIpc) is 2.89. The molecule has 0 spiro atoms. The number of hydrogen-bond donors (Lipinski definition) is 1. The monoisotopic (exact) mass is 224 g/mol. The van der Waals surface area contributed by atoms with Crippen LogP contribution in [0.4, 0.5) is 0 Å². The number of aliphatic hydroxyl groups excluding tert-OH is 1. The van der Waals surface area contributed by atoms with Gasteiger partial charge in [0, 0.05) is 13.1 Å². The SMILES string of the molecule is CCCN1CC[C@H](Cn2cc(CO)nn2)C1. The second kappa shape index (κ2) is 5.41. The van der Waals surface area contributed by atoms with Crippen LogP contribution in [-0.4, -0.2) is 44.6 Å². The van der Waals surface area contributed by atoms with Crippen molar-refractivity contribution in [1.82, 2.24) is 19.9 Å². The lowest BCUT2D eigenvalue weighted by Gasteiger charge is -2.14. The summed E-state index contributed by atoms with van der Waals surface area (Å²) in [5, 5.41) is 16.8. The fourth-order valence-corrected chi connectivity index (χ4v) is 2.35. The number of rotatable bonds is 5. The standard InChI is InChI=1S/C11H20N4O/c1-2-4-14-5-3-10(6-14)7-15-8-11(9-16)12-13-15/h8,10,16H,2-7,9H2,1H3/t10-/m0/s1. The van der Waals surface area contributed by atoms with Crippen molar-refractivity contribution in [3.05, 3.63) is 11.9 Å². The van der Waals surface area contributed by atoms with Gasteiger partial charge in [-0.1, -0.05) is 12.1 Å². The molecule has 0 aliphatic carbocycles. The molecule has 2 heterocycles. The molecule has 1 aromatic rings. The molecule has 1 saturated heterocycles. The van der Waals surface area contributed by atoms with Gasteiger partial charge in [0.25, 0.3) is 0 Å². The number of aromatic nitrogens is 3. The number of hydrogen-bond acceptors (Lipinski definition) is 4. The van der Waals surface area contributed by atoms with Crippen molar-refractivity contribution >= 4 is 0 Å². The van der Waals surface area contributed by atoms with Crippen molar-refractivity contribution in [1.29, 1.82) is 0 Å². The summed E-state index contributed by atoms with van der Waals surface area (Å²) in [6.45, 7) is 6.70. The van der Waals surface area contributed by atoms with E-state index in [1.165, 1.54) is 32.5 Å². The van der Waals surface area contributed by atoms with E-state index in [0.29, 0.717) is 11.6 Å². The van der Waals surface area contributed by atoms with Gasteiger partial charge in [-0.15, -0.1) is 5.10 Å². The van der Waals surface area contributed by atoms with E-state index in [4.69, 9.17) is 5.11 Å². The second-order valence-corrected chi connectivity index (χ2v) is 4.55. The van der Waals surface area contributed by atoms with Gasteiger partial charge in [0.15, 0.2) is 0 Å². The minimum atomic E-state index is -0.0212. The lowest BCUT2D eigenvalue weighted by atomic mass is 10.1. The zero-order valence-electron chi connectivity index (χ0n) is 9.84. The van der Waals surface area contributed by atoms with Gasteiger partial charge in [0.05, 0.1) is 12.8 Å². The van der Waals surface area contributed by atoms with Gasteiger partial charge in [0.1, 0.15) is 5.69 Å². The zero-order chi connectivity index (χ0) is 11.4. The molecule has 1 fully saturated rings. The predicted molar refractivity (Wildman–Crippen MR) is 60.8 cm³/mol. The molecule has 2 rings (SSSR count). The molecule has 1 aliphatic rings. The normalized spacial score (nSPS) is 21.8. The highest BCUT2D eigenvalue weighted by atomic mass is 16.3.